The molecule has 0 spiro atoms. The molecule has 1 heterocycles. The Labute approximate surface area is 133 Å². The molecule has 0 aliphatic heterocycles. The van der Waals surface area contributed by atoms with Crippen LogP contribution >= 0.6 is 27.5 Å². The topological polar surface area (TPSA) is 43.8 Å². The number of halogens is 2. The van der Waals surface area contributed by atoms with E-state index < -0.39 is 5.54 Å². The van der Waals surface area contributed by atoms with Crippen LogP contribution in [0.4, 0.5) is 0 Å². The largest absolute Gasteiger partial charge is 0.321 e. The molecule has 108 valence electrons. The van der Waals surface area contributed by atoms with Crippen LogP contribution in [-0.4, -0.2) is 9.78 Å². The first-order chi connectivity index (χ1) is 9.35. The molecule has 1 aromatic heterocycles. The van der Waals surface area contributed by atoms with Crippen molar-refractivity contribution in [2.24, 2.45) is 12.8 Å². The minimum absolute atomic E-state index is 0.466. The Morgan fingerprint density at radius 3 is 2.45 bits per heavy atom. The molecule has 0 fully saturated rings. The van der Waals surface area contributed by atoms with Gasteiger partial charge < -0.3 is 5.73 Å². The maximum absolute atomic E-state index is 6.50. The van der Waals surface area contributed by atoms with Crippen molar-refractivity contribution in [1.82, 2.24) is 9.78 Å². The SMILES string of the molecule is CCc1nn(C)c(CC(C)(N)c2ccc(Cl)cc2)c1Br. The molecule has 5 heteroatoms. The predicted octanol–water partition coefficient (Wildman–Crippen LogP) is 3.82. The van der Waals surface area contributed by atoms with E-state index in [1.54, 1.807) is 0 Å². The van der Waals surface area contributed by atoms with Gasteiger partial charge in [0.05, 0.1) is 15.9 Å². The van der Waals surface area contributed by atoms with Gasteiger partial charge >= 0.3 is 0 Å². The normalized spacial score (nSPS) is 14.3. The number of benzene rings is 1. The molecule has 2 rings (SSSR count). The summed E-state index contributed by atoms with van der Waals surface area (Å²) in [5.74, 6) is 0. The molecule has 0 bridgehead atoms. The zero-order valence-electron chi connectivity index (χ0n) is 12.0. The molecule has 2 aromatic rings. The second-order valence-corrected chi connectivity index (χ2v) is 6.52. The fourth-order valence-electron chi connectivity index (χ4n) is 2.29. The van der Waals surface area contributed by atoms with E-state index in [1.807, 2.05) is 42.9 Å². The van der Waals surface area contributed by atoms with Gasteiger partial charge in [0.15, 0.2) is 0 Å². The molecule has 20 heavy (non-hydrogen) atoms. The fraction of sp³-hybridized carbons (Fsp3) is 0.400. The van der Waals surface area contributed by atoms with E-state index in [9.17, 15) is 0 Å². The maximum atomic E-state index is 6.50. The average Bonchev–Trinajstić information content (AvgIpc) is 2.66. The molecule has 0 aliphatic carbocycles. The van der Waals surface area contributed by atoms with E-state index >= 15 is 0 Å². The van der Waals surface area contributed by atoms with Gasteiger partial charge in [-0.1, -0.05) is 30.7 Å². The Bertz CT molecular complexity index is 602. The van der Waals surface area contributed by atoms with E-state index in [0.29, 0.717) is 6.42 Å². The van der Waals surface area contributed by atoms with Crippen molar-refractivity contribution in [2.75, 3.05) is 0 Å². The third-order valence-corrected chi connectivity index (χ3v) is 4.71. The van der Waals surface area contributed by atoms with Gasteiger partial charge in [0.1, 0.15) is 0 Å². The quantitative estimate of drug-likeness (QED) is 0.905. The molecule has 0 saturated heterocycles. The number of nitrogens with two attached hydrogens (primary N) is 1. The molecular weight excluding hydrogens is 338 g/mol. The molecule has 0 aliphatic rings. The van der Waals surface area contributed by atoms with Crippen LogP contribution in [0, 0.1) is 0 Å². The van der Waals surface area contributed by atoms with Gasteiger partial charge in [-0.15, -0.1) is 0 Å². The maximum Gasteiger partial charge on any atom is 0.0766 e. The number of hydrogen-bond donors (Lipinski definition) is 1. The van der Waals surface area contributed by atoms with Crippen molar-refractivity contribution < 1.29 is 0 Å². The van der Waals surface area contributed by atoms with Crippen molar-refractivity contribution in [3.05, 3.63) is 50.7 Å². The summed E-state index contributed by atoms with van der Waals surface area (Å²) in [5.41, 5.74) is 9.28. The van der Waals surface area contributed by atoms with E-state index in [2.05, 4.69) is 28.0 Å². The first kappa shape index (κ1) is 15.5. The van der Waals surface area contributed by atoms with Crippen LogP contribution < -0.4 is 5.73 Å². The van der Waals surface area contributed by atoms with Crippen LogP contribution in [0.3, 0.4) is 0 Å². The lowest BCUT2D eigenvalue weighted by atomic mass is 9.88. The van der Waals surface area contributed by atoms with Gasteiger partial charge in [-0.25, -0.2) is 0 Å². The Morgan fingerprint density at radius 1 is 1.35 bits per heavy atom. The zero-order chi connectivity index (χ0) is 14.9. The first-order valence-corrected chi connectivity index (χ1v) is 7.77. The summed E-state index contributed by atoms with van der Waals surface area (Å²) in [6, 6.07) is 7.70. The van der Waals surface area contributed by atoms with Gasteiger partial charge in [-0.3, -0.25) is 4.68 Å². The highest BCUT2D eigenvalue weighted by atomic mass is 79.9. The molecule has 0 radical (unpaired) electrons. The molecule has 1 atom stereocenters. The Hall–Kier alpha value is -0.840. The average molecular weight is 357 g/mol. The van der Waals surface area contributed by atoms with Crippen LogP contribution in [0.5, 0.6) is 0 Å². The summed E-state index contributed by atoms with van der Waals surface area (Å²) in [7, 11) is 1.96. The third kappa shape index (κ3) is 3.08. The highest BCUT2D eigenvalue weighted by Crippen LogP contribution is 2.29. The minimum Gasteiger partial charge on any atom is -0.321 e. The van der Waals surface area contributed by atoms with E-state index in [1.165, 1.54) is 0 Å². The second kappa shape index (κ2) is 5.88. The van der Waals surface area contributed by atoms with E-state index in [4.69, 9.17) is 17.3 Å². The number of nitrogens with zero attached hydrogens (tertiary/aromatic N) is 2. The van der Waals surface area contributed by atoms with Gasteiger partial charge in [0.25, 0.3) is 0 Å². The molecule has 3 nitrogen and oxygen atoms in total. The Kier molecular flexibility index (Phi) is 4.57. The Morgan fingerprint density at radius 2 is 1.95 bits per heavy atom. The standard InChI is InChI=1S/C15H19BrClN3/c1-4-12-14(16)13(20(3)19-12)9-15(2,18)10-5-7-11(17)8-6-10/h5-8H,4,9,18H2,1-3H3. The van der Waals surface area contributed by atoms with E-state index in [0.717, 1.165) is 32.9 Å². The van der Waals surface area contributed by atoms with Crippen LogP contribution in [0.2, 0.25) is 5.02 Å². The van der Waals surface area contributed by atoms with Crippen molar-refractivity contribution in [2.45, 2.75) is 32.2 Å². The monoisotopic (exact) mass is 355 g/mol. The smallest absolute Gasteiger partial charge is 0.0766 e. The molecule has 0 saturated carbocycles. The van der Waals surface area contributed by atoms with Crippen molar-refractivity contribution in [3.63, 3.8) is 0 Å². The van der Waals surface area contributed by atoms with Crippen LogP contribution in [0.25, 0.3) is 0 Å². The lowest BCUT2D eigenvalue weighted by molar-refractivity contribution is 0.471. The Balaban J connectivity index is 2.32. The lowest BCUT2D eigenvalue weighted by Crippen LogP contribution is -2.36. The van der Waals surface area contributed by atoms with Crippen molar-refractivity contribution in [1.29, 1.82) is 0 Å². The summed E-state index contributed by atoms with van der Waals surface area (Å²) >= 11 is 9.57. The van der Waals surface area contributed by atoms with Crippen LogP contribution in [0.15, 0.2) is 28.7 Å². The molecule has 1 aromatic carbocycles. The van der Waals surface area contributed by atoms with Gasteiger partial charge in [-0.2, -0.15) is 5.10 Å². The highest BCUT2D eigenvalue weighted by Gasteiger charge is 2.25. The highest BCUT2D eigenvalue weighted by molar-refractivity contribution is 9.10. The predicted molar refractivity (Wildman–Crippen MR) is 87.0 cm³/mol. The van der Waals surface area contributed by atoms with Crippen molar-refractivity contribution in [3.8, 4) is 0 Å². The minimum atomic E-state index is -0.466. The second-order valence-electron chi connectivity index (χ2n) is 5.29. The first-order valence-electron chi connectivity index (χ1n) is 6.60. The fourth-order valence-corrected chi connectivity index (χ4v) is 3.17. The summed E-state index contributed by atoms with van der Waals surface area (Å²) in [5, 5.41) is 5.24. The number of aromatic nitrogens is 2. The number of aryl methyl sites for hydroxylation is 2. The summed E-state index contributed by atoms with van der Waals surface area (Å²) in [6.45, 7) is 4.12. The summed E-state index contributed by atoms with van der Waals surface area (Å²) < 4.78 is 2.97. The molecule has 1 unspecified atom stereocenters. The van der Waals surface area contributed by atoms with Gasteiger partial charge in [0, 0.05) is 24.0 Å². The summed E-state index contributed by atoms with van der Waals surface area (Å²) in [6.07, 6.45) is 1.61. The molecule has 2 N–H and O–H groups in total. The van der Waals surface area contributed by atoms with E-state index in [-0.39, 0.29) is 0 Å². The zero-order valence-corrected chi connectivity index (χ0v) is 14.3. The van der Waals surface area contributed by atoms with Gasteiger partial charge in [-0.05, 0) is 47.0 Å². The lowest BCUT2D eigenvalue weighted by Gasteiger charge is -2.25. The van der Waals surface area contributed by atoms with Gasteiger partial charge in [0.2, 0.25) is 0 Å². The number of hydrogen-bond acceptors (Lipinski definition) is 2. The van der Waals surface area contributed by atoms with Crippen LogP contribution in [-0.2, 0) is 25.4 Å². The summed E-state index contributed by atoms with van der Waals surface area (Å²) in [4.78, 5) is 0. The van der Waals surface area contributed by atoms with Crippen molar-refractivity contribution >= 4 is 27.5 Å². The third-order valence-electron chi connectivity index (χ3n) is 3.54. The van der Waals surface area contributed by atoms with Crippen LogP contribution in [0.1, 0.15) is 30.8 Å². The number of rotatable bonds is 4. The molecular formula is C15H19BrClN3. The molecule has 0 amide bonds.